The standard InChI is InChI=1S/C17H12BrFN4O3S/c18-12-4-1-3-10(14(12)19)8-26-13(24)7-11-9-27-17(22-11)23-16(25)15-20-5-2-6-21-15/h1-6,9H,7-8H2,(H,22,23,25). The third kappa shape index (κ3) is 5.14. The number of hydrogen-bond acceptors (Lipinski definition) is 7. The van der Waals surface area contributed by atoms with Gasteiger partial charge in [0.05, 0.1) is 16.6 Å². The topological polar surface area (TPSA) is 94.1 Å². The Hall–Kier alpha value is -2.72. The molecule has 10 heteroatoms. The number of esters is 1. The lowest BCUT2D eigenvalue weighted by atomic mass is 10.2. The van der Waals surface area contributed by atoms with Crippen LogP contribution in [0.5, 0.6) is 0 Å². The Bertz CT molecular complexity index is 968. The summed E-state index contributed by atoms with van der Waals surface area (Å²) in [7, 11) is 0. The summed E-state index contributed by atoms with van der Waals surface area (Å²) in [5, 5.41) is 4.50. The fraction of sp³-hybridized carbons (Fsp3) is 0.118. The van der Waals surface area contributed by atoms with Gasteiger partial charge >= 0.3 is 5.97 Å². The van der Waals surface area contributed by atoms with Gasteiger partial charge in [0.1, 0.15) is 12.4 Å². The summed E-state index contributed by atoms with van der Waals surface area (Å²) < 4.78 is 19.2. The summed E-state index contributed by atoms with van der Waals surface area (Å²) in [6.45, 7) is -0.177. The first-order valence-corrected chi connectivity index (χ1v) is 9.31. The molecule has 138 valence electrons. The van der Waals surface area contributed by atoms with E-state index in [-0.39, 0.29) is 24.4 Å². The third-order valence-electron chi connectivity index (χ3n) is 3.29. The molecule has 1 aromatic carbocycles. The van der Waals surface area contributed by atoms with Crippen LogP contribution in [0.25, 0.3) is 0 Å². The summed E-state index contributed by atoms with van der Waals surface area (Å²) in [4.78, 5) is 35.7. The highest BCUT2D eigenvalue weighted by Crippen LogP contribution is 2.20. The van der Waals surface area contributed by atoms with Gasteiger partial charge in [-0.25, -0.2) is 19.3 Å². The number of ether oxygens (including phenoxy) is 1. The Morgan fingerprint density at radius 2 is 2.00 bits per heavy atom. The van der Waals surface area contributed by atoms with Gasteiger partial charge in [-0.2, -0.15) is 0 Å². The lowest BCUT2D eigenvalue weighted by molar-refractivity contribution is -0.144. The number of carbonyl (C=O) groups excluding carboxylic acids is 2. The average Bonchev–Trinajstić information content (AvgIpc) is 3.10. The monoisotopic (exact) mass is 450 g/mol. The smallest absolute Gasteiger partial charge is 0.312 e. The highest BCUT2D eigenvalue weighted by molar-refractivity contribution is 9.10. The molecule has 0 saturated carbocycles. The second kappa shape index (κ2) is 8.78. The highest BCUT2D eigenvalue weighted by Gasteiger charge is 2.14. The molecule has 3 aromatic rings. The van der Waals surface area contributed by atoms with E-state index in [4.69, 9.17) is 4.74 Å². The van der Waals surface area contributed by atoms with E-state index < -0.39 is 17.7 Å². The number of benzene rings is 1. The van der Waals surface area contributed by atoms with Gasteiger partial charge in [0, 0.05) is 23.3 Å². The van der Waals surface area contributed by atoms with Crippen molar-refractivity contribution in [1.29, 1.82) is 0 Å². The molecule has 1 N–H and O–H groups in total. The summed E-state index contributed by atoms with van der Waals surface area (Å²) >= 11 is 4.24. The zero-order valence-electron chi connectivity index (χ0n) is 13.7. The van der Waals surface area contributed by atoms with Crippen LogP contribution < -0.4 is 5.32 Å². The van der Waals surface area contributed by atoms with Crippen molar-refractivity contribution in [3.8, 4) is 0 Å². The molecule has 2 aromatic heterocycles. The van der Waals surface area contributed by atoms with Gasteiger partial charge in [-0.05, 0) is 28.1 Å². The molecule has 0 radical (unpaired) electrons. The van der Waals surface area contributed by atoms with E-state index in [1.165, 1.54) is 18.5 Å². The van der Waals surface area contributed by atoms with Crippen LogP contribution in [0.2, 0.25) is 0 Å². The second-order valence-electron chi connectivity index (χ2n) is 5.22. The zero-order chi connectivity index (χ0) is 19.2. The summed E-state index contributed by atoms with van der Waals surface area (Å²) in [5.74, 6) is -1.50. The molecule has 1 amide bonds. The van der Waals surface area contributed by atoms with E-state index in [1.807, 2.05) is 0 Å². The van der Waals surface area contributed by atoms with E-state index in [9.17, 15) is 14.0 Å². The minimum atomic E-state index is -0.552. The van der Waals surface area contributed by atoms with E-state index in [0.717, 1.165) is 11.3 Å². The first-order chi connectivity index (χ1) is 13.0. The van der Waals surface area contributed by atoms with Gasteiger partial charge in [-0.3, -0.25) is 14.9 Å². The van der Waals surface area contributed by atoms with Crippen LogP contribution in [0.1, 0.15) is 21.9 Å². The molecule has 7 nitrogen and oxygen atoms in total. The third-order valence-corrected chi connectivity index (χ3v) is 4.71. The van der Waals surface area contributed by atoms with Crippen LogP contribution in [0.15, 0.2) is 46.5 Å². The number of thiazole rings is 1. The maximum absolute atomic E-state index is 13.8. The minimum absolute atomic E-state index is 0.0182. The Morgan fingerprint density at radius 1 is 1.22 bits per heavy atom. The van der Waals surface area contributed by atoms with Crippen LogP contribution in [-0.2, 0) is 22.6 Å². The van der Waals surface area contributed by atoms with Crippen molar-refractivity contribution in [2.75, 3.05) is 5.32 Å². The van der Waals surface area contributed by atoms with Gasteiger partial charge in [0.2, 0.25) is 5.82 Å². The predicted molar refractivity (Wildman–Crippen MR) is 99.7 cm³/mol. The molecule has 0 fully saturated rings. The zero-order valence-corrected chi connectivity index (χ0v) is 16.1. The van der Waals surface area contributed by atoms with E-state index in [0.29, 0.717) is 15.3 Å². The number of nitrogens with zero attached hydrogens (tertiary/aromatic N) is 3. The first kappa shape index (κ1) is 19.1. The van der Waals surface area contributed by atoms with Crippen molar-refractivity contribution >= 4 is 44.3 Å². The van der Waals surface area contributed by atoms with Crippen molar-refractivity contribution in [3.63, 3.8) is 0 Å². The number of rotatable bonds is 6. The molecular formula is C17H12BrFN4O3S. The van der Waals surface area contributed by atoms with E-state index >= 15 is 0 Å². The average molecular weight is 451 g/mol. The van der Waals surface area contributed by atoms with E-state index in [2.05, 4.69) is 36.2 Å². The molecule has 27 heavy (non-hydrogen) atoms. The molecule has 0 bridgehead atoms. The normalized spacial score (nSPS) is 10.4. The van der Waals surface area contributed by atoms with Crippen molar-refractivity contribution in [1.82, 2.24) is 15.0 Å². The summed E-state index contributed by atoms with van der Waals surface area (Å²) in [6, 6.07) is 6.35. The van der Waals surface area contributed by atoms with Crippen LogP contribution in [0.4, 0.5) is 9.52 Å². The van der Waals surface area contributed by atoms with Crippen LogP contribution in [-0.4, -0.2) is 26.8 Å². The van der Waals surface area contributed by atoms with Crippen LogP contribution >= 0.6 is 27.3 Å². The maximum Gasteiger partial charge on any atom is 0.312 e. The van der Waals surface area contributed by atoms with Crippen molar-refractivity contribution < 1.29 is 18.7 Å². The molecule has 0 aliphatic carbocycles. The predicted octanol–water partition coefficient (Wildman–Crippen LogP) is 3.37. The SMILES string of the molecule is O=C(Cc1csc(NC(=O)c2ncccn2)n1)OCc1cccc(Br)c1F. The van der Waals surface area contributed by atoms with Crippen LogP contribution in [0, 0.1) is 5.82 Å². The Kier molecular flexibility index (Phi) is 6.20. The molecule has 0 aliphatic heterocycles. The number of carbonyl (C=O) groups is 2. The van der Waals surface area contributed by atoms with Gasteiger partial charge in [0.15, 0.2) is 5.13 Å². The second-order valence-corrected chi connectivity index (χ2v) is 6.93. The molecule has 0 spiro atoms. The van der Waals surface area contributed by atoms with Gasteiger partial charge < -0.3 is 4.74 Å². The molecule has 2 heterocycles. The fourth-order valence-electron chi connectivity index (χ4n) is 2.03. The minimum Gasteiger partial charge on any atom is -0.460 e. The van der Waals surface area contributed by atoms with Gasteiger partial charge in [-0.15, -0.1) is 11.3 Å². The quantitative estimate of drug-likeness (QED) is 0.578. The highest BCUT2D eigenvalue weighted by atomic mass is 79.9. The molecular weight excluding hydrogens is 439 g/mol. The Morgan fingerprint density at radius 3 is 2.78 bits per heavy atom. The van der Waals surface area contributed by atoms with Gasteiger partial charge in [-0.1, -0.05) is 12.1 Å². The molecule has 0 atom stereocenters. The summed E-state index contributed by atoms with van der Waals surface area (Å²) in [5.41, 5.74) is 0.704. The number of amides is 1. The van der Waals surface area contributed by atoms with Crippen molar-refractivity contribution in [2.24, 2.45) is 0 Å². The van der Waals surface area contributed by atoms with Gasteiger partial charge in [0.25, 0.3) is 5.91 Å². The molecule has 0 unspecified atom stereocenters. The number of anilines is 1. The fourth-order valence-corrected chi connectivity index (χ4v) is 3.14. The largest absolute Gasteiger partial charge is 0.460 e. The number of halogens is 2. The Balaban J connectivity index is 1.53. The molecule has 0 saturated heterocycles. The van der Waals surface area contributed by atoms with Crippen LogP contribution in [0.3, 0.4) is 0 Å². The number of hydrogen-bond donors (Lipinski definition) is 1. The summed E-state index contributed by atoms with van der Waals surface area (Å²) in [6.07, 6.45) is 2.82. The van der Waals surface area contributed by atoms with Crippen molar-refractivity contribution in [3.05, 3.63) is 69.4 Å². The maximum atomic E-state index is 13.8. The molecule has 0 aliphatic rings. The molecule has 3 rings (SSSR count). The van der Waals surface area contributed by atoms with Crippen molar-refractivity contribution in [2.45, 2.75) is 13.0 Å². The lowest BCUT2D eigenvalue weighted by Crippen LogP contribution is -2.15. The number of nitrogens with one attached hydrogen (secondary N) is 1. The van der Waals surface area contributed by atoms with E-state index in [1.54, 1.807) is 23.6 Å². The lowest BCUT2D eigenvalue weighted by Gasteiger charge is -2.06. The first-order valence-electron chi connectivity index (χ1n) is 7.64. The Labute approximate surface area is 165 Å². The number of aromatic nitrogens is 3.